The number of hydrazone groups is 1. The second-order valence-electron chi connectivity index (χ2n) is 6.20. The minimum absolute atomic E-state index is 0.142. The molecule has 1 aromatic heterocycles. The number of nitrogens with zero attached hydrogens (tertiary/aromatic N) is 1. The van der Waals surface area contributed by atoms with E-state index in [0.717, 1.165) is 20.3 Å². The van der Waals surface area contributed by atoms with Gasteiger partial charge in [0.15, 0.2) is 17.3 Å². The maximum Gasteiger partial charge on any atom is 0.307 e. The van der Waals surface area contributed by atoms with Crippen LogP contribution in [0.2, 0.25) is 0 Å². The minimum Gasteiger partial charge on any atom is -0.494 e. The zero-order valence-electron chi connectivity index (χ0n) is 17.1. The molecule has 0 spiro atoms. The van der Waals surface area contributed by atoms with E-state index in [9.17, 15) is 4.79 Å². The van der Waals surface area contributed by atoms with E-state index in [-0.39, 0.29) is 12.4 Å². The highest BCUT2D eigenvalue weighted by Crippen LogP contribution is 2.34. The average molecular weight is 532 g/mol. The van der Waals surface area contributed by atoms with Crippen molar-refractivity contribution in [2.45, 2.75) is 13.8 Å². The van der Waals surface area contributed by atoms with E-state index >= 15 is 0 Å². The van der Waals surface area contributed by atoms with Crippen molar-refractivity contribution < 1.29 is 23.4 Å². The molecule has 3 rings (SSSR count). The molecule has 0 saturated carbocycles. The number of carbonyl (C=O) groups excluding carboxylic acids is 1. The normalized spacial score (nSPS) is 10.8. The van der Waals surface area contributed by atoms with E-state index in [1.807, 2.05) is 26.0 Å². The van der Waals surface area contributed by atoms with Crippen LogP contribution in [-0.4, -0.2) is 31.9 Å². The zero-order chi connectivity index (χ0) is 22.2. The summed E-state index contributed by atoms with van der Waals surface area (Å²) in [4.78, 5) is 12.4. The zero-order valence-corrected chi connectivity index (χ0v) is 19.3. The number of ether oxygens (including phenoxy) is 3. The molecule has 1 N–H and O–H groups in total. The third-order valence-electron chi connectivity index (χ3n) is 4.03. The SMILES string of the molecule is C#CCOc1c(I)cc(/C=N/NC(=O)c2cc3cc(OCC)ccc3o2)cc1OCC. The van der Waals surface area contributed by atoms with Crippen LogP contribution in [0.25, 0.3) is 11.0 Å². The molecule has 3 aromatic rings. The summed E-state index contributed by atoms with van der Waals surface area (Å²) >= 11 is 2.13. The molecule has 8 heteroatoms. The van der Waals surface area contributed by atoms with Crippen LogP contribution in [0.15, 0.2) is 45.9 Å². The Morgan fingerprint density at radius 2 is 2.00 bits per heavy atom. The summed E-state index contributed by atoms with van der Waals surface area (Å²) in [5.41, 5.74) is 3.79. The number of fused-ring (bicyclic) bond motifs is 1. The molecule has 0 fully saturated rings. The van der Waals surface area contributed by atoms with Gasteiger partial charge in [-0.3, -0.25) is 4.79 Å². The number of nitrogens with one attached hydrogen (secondary N) is 1. The van der Waals surface area contributed by atoms with Crippen molar-refractivity contribution in [3.63, 3.8) is 0 Å². The molecule has 0 aliphatic rings. The highest BCUT2D eigenvalue weighted by Gasteiger charge is 2.13. The Balaban J connectivity index is 1.73. The van der Waals surface area contributed by atoms with Crippen molar-refractivity contribution in [2.75, 3.05) is 19.8 Å². The largest absolute Gasteiger partial charge is 0.494 e. The summed E-state index contributed by atoms with van der Waals surface area (Å²) in [6.45, 7) is 4.96. The number of furan rings is 1. The van der Waals surface area contributed by atoms with Gasteiger partial charge < -0.3 is 18.6 Å². The fourth-order valence-electron chi connectivity index (χ4n) is 2.79. The fraction of sp³-hybridized carbons (Fsp3) is 0.217. The monoisotopic (exact) mass is 532 g/mol. The first-order chi connectivity index (χ1) is 15.0. The topological polar surface area (TPSA) is 82.3 Å². The highest BCUT2D eigenvalue weighted by molar-refractivity contribution is 14.1. The molecule has 0 saturated heterocycles. The molecule has 7 nitrogen and oxygen atoms in total. The van der Waals surface area contributed by atoms with Crippen molar-refractivity contribution in [1.29, 1.82) is 0 Å². The lowest BCUT2D eigenvalue weighted by atomic mass is 10.2. The van der Waals surface area contributed by atoms with E-state index in [1.54, 1.807) is 24.3 Å². The number of rotatable bonds is 9. The van der Waals surface area contributed by atoms with E-state index in [4.69, 9.17) is 25.1 Å². The lowest BCUT2D eigenvalue weighted by molar-refractivity contribution is 0.0929. The van der Waals surface area contributed by atoms with Crippen LogP contribution in [-0.2, 0) is 0 Å². The number of hydrogen-bond acceptors (Lipinski definition) is 6. The molecule has 1 heterocycles. The minimum atomic E-state index is -0.459. The molecular weight excluding hydrogens is 511 g/mol. The maximum absolute atomic E-state index is 12.4. The molecule has 0 bridgehead atoms. The van der Waals surface area contributed by atoms with Gasteiger partial charge in [-0.15, -0.1) is 6.42 Å². The number of benzene rings is 2. The molecule has 31 heavy (non-hydrogen) atoms. The highest BCUT2D eigenvalue weighted by atomic mass is 127. The number of terminal acetylenes is 1. The van der Waals surface area contributed by atoms with Gasteiger partial charge >= 0.3 is 5.91 Å². The summed E-state index contributed by atoms with van der Waals surface area (Å²) in [7, 11) is 0. The first-order valence-corrected chi connectivity index (χ1v) is 10.7. The summed E-state index contributed by atoms with van der Waals surface area (Å²) in [6, 6.07) is 10.6. The van der Waals surface area contributed by atoms with Crippen molar-refractivity contribution in [3.05, 3.63) is 51.3 Å². The molecule has 2 aromatic carbocycles. The van der Waals surface area contributed by atoms with Crippen molar-refractivity contribution in [2.24, 2.45) is 5.10 Å². The third kappa shape index (κ3) is 5.70. The second kappa shape index (κ2) is 10.7. The van der Waals surface area contributed by atoms with Crippen LogP contribution < -0.4 is 19.6 Å². The van der Waals surface area contributed by atoms with E-state index in [0.29, 0.717) is 30.3 Å². The van der Waals surface area contributed by atoms with Crippen molar-refractivity contribution in [1.82, 2.24) is 5.43 Å². The first kappa shape index (κ1) is 22.5. The van der Waals surface area contributed by atoms with Crippen LogP contribution in [0.1, 0.15) is 30.0 Å². The molecule has 0 atom stereocenters. The Bertz CT molecular complexity index is 1150. The second-order valence-corrected chi connectivity index (χ2v) is 7.36. The first-order valence-electron chi connectivity index (χ1n) is 9.58. The van der Waals surface area contributed by atoms with Crippen molar-refractivity contribution >= 4 is 45.7 Å². The van der Waals surface area contributed by atoms with Gasteiger partial charge in [0, 0.05) is 5.39 Å². The molecular formula is C23H21IN2O5. The fourth-order valence-corrected chi connectivity index (χ4v) is 3.57. The van der Waals surface area contributed by atoms with Gasteiger partial charge in [-0.1, -0.05) is 5.92 Å². The quantitative estimate of drug-likeness (QED) is 0.189. The lowest BCUT2D eigenvalue weighted by Gasteiger charge is -2.13. The standard InChI is InChI=1S/C23H21IN2O5/c1-4-9-30-22-18(24)10-15(11-20(22)29-6-3)14-25-26-23(27)21-13-16-12-17(28-5-2)7-8-19(16)31-21/h1,7-8,10-14H,5-6,9H2,2-3H3,(H,26,27)/b25-14+. The van der Waals surface area contributed by atoms with Gasteiger partial charge in [0.05, 0.1) is 23.0 Å². The molecule has 0 aliphatic carbocycles. The van der Waals surface area contributed by atoms with Crippen LogP contribution >= 0.6 is 22.6 Å². The van der Waals surface area contributed by atoms with Gasteiger partial charge in [0.25, 0.3) is 0 Å². The van der Waals surface area contributed by atoms with Gasteiger partial charge in [-0.05, 0) is 78.4 Å². The number of carbonyl (C=O) groups is 1. The molecule has 0 aliphatic heterocycles. The number of hydrogen-bond donors (Lipinski definition) is 1. The predicted octanol–water partition coefficient (Wildman–Crippen LogP) is 4.61. The van der Waals surface area contributed by atoms with Gasteiger partial charge in [0.1, 0.15) is 17.9 Å². The predicted molar refractivity (Wildman–Crippen MR) is 127 cm³/mol. The van der Waals surface area contributed by atoms with Gasteiger partial charge in [-0.2, -0.15) is 5.10 Å². The van der Waals surface area contributed by atoms with Crippen LogP contribution in [0.4, 0.5) is 0 Å². The van der Waals surface area contributed by atoms with Gasteiger partial charge in [0.2, 0.25) is 0 Å². The molecule has 0 radical (unpaired) electrons. The summed E-state index contributed by atoms with van der Waals surface area (Å²) < 4.78 is 23.1. The maximum atomic E-state index is 12.4. The van der Waals surface area contributed by atoms with E-state index < -0.39 is 5.91 Å². The summed E-state index contributed by atoms with van der Waals surface area (Å²) in [5, 5.41) is 4.80. The van der Waals surface area contributed by atoms with Crippen molar-refractivity contribution in [3.8, 4) is 29.6 Å². The Hall–Kier alpha value is -3.19. The van der Waals surface area contributed by atoms with Gasteiger partial charge in [-0.25, -0.2) is 5.43 Å². The van der Waals surface area contributed by atoms with Crippen LogP contribution in [0.3, 0.4) is 0 Å². The van der Waals surface area contributed by atoms with E-state index in [1.165, 1.54) is 6.21 Å². The number of amides is 1. The Labute approximate surface area is 193 Å². The van der Waals surface area contributed by atoms with Crippen LogP contribution in [0, 0.1) is 15.9 Å². The smallest absolute Gasteiger partial charge is 0.307 e. The third-order valence-corrected chi connectivity index (χ3v) is 4.84. The molecule has 160 valence electrons. The molecule has 1 amide bonds. The van der Waals surface area contributed by atoms with E-state index in [2.05, 4.69) is 39.0 Å². The number of halogens is 1. The summed E-state index contributed by atoms with van der Waals surface area (Å²) in [6.07, 6.45) is 6.79. The Kier molecular flexibility index (Phi) is 7.78. The van der Waals surface area contributed by atoms with Crippen LogP contribution in [0.5, 0.6) is 17.2 Å². The summed E-state index contributed by atoms with van der Waals surface area (Å²) in [5.74, 6) is 3.99. The average Bonchev–Trinajstić information content (AvgIpc) is 3.17. The lowest BCUT2D eigenvalue weighted by Crippen LogP contribution is -2.16. The molecule has 0 unspecified atom stereocenters. The Morgan fingerprint density at radius 1 is 1.19 bits per heavy atom. The Morgan fingerprint density at radius 3 is 2.74 bits per heavy atom.